The smallest absolute Gasteiger partial charge is 0.255 e. The summed E-state index contributed by atoms with van der Waals surface area (Å²) in [4.78, 5) is 19.1. The van der Waals surface area contributed by atoms with Gasteiger partial charge in [-0.2, -0.15) is 0 Å². The molecule has 2 heterocycles. The molecule has 1 aromatic rings. The number of nitrogens with one attached hydrogen (secondary N) is 1. The number of morpholine rings is 1. The van der Waals surface area contributed by atoms with Crippen LogP contribution in [0.5, 0.6) is 0 Å². The number of nitrogens with zero attached hydrogens (tertiary/aromatic N) is 2. The van der Waals surface area contributed by atoms with Crippen LogP contribution in [-0.4, -0.2) is 56.5 Å². The number of hydrogen-bond donors (Lipinski definition) is 1. The summed E-state index contributed by atoms with van der Waals surface area (Å²) in [6, 6.07) is 3.65. The van der Waals surface area contributed by atoms with Gasteiger partial charge >= 0.3 is 0 Å². The molecule has 2 fully saturated rings. The second-order valence-electron chi connectivity index (χ2n) is 6.71. The number of rotatable bonds is 7. The van der Waals surface area contributed by atoms with E-state index in [9.17, 15) is 4.79 Å². The number of pyridine rings is 1. The highest BCUT2D eigenvalue weighted by molar-refractivity contribution is 5.98. The lowest BCUT2D eigenvalue weighted by Gasteiger charge is -2.29. The number of carbonyl (C=O) groups is 1. The van der Waals surface area contributed by atoms with E-state index >= 15 is 0 Å². The molecule has 1 aromatic heterocycles. The molecule has 1 N–H and O–H groups in total. The highest BCUT2D eigenvalue weighted by atomic mass is 16.5. The van der Waals surface area contributed by atoms with E-state index < -0.39 is 0 Å². The topological polar surface area (TPSA) is 63.7 Å². The standard InChI is InChI=1S/C19H29N3O3/c23-19(21-10-5-13-25-16-6-2-1-3-7-16)17-8-4-9-20-18(17)22-11-14-24-15-12-22/h4,8-9,16H,1-3,5-7,10-15H2,(H,21,23). The van der Waals surface area contributed by atoms with Crippen molar-refractivity contribution >= 4 is 11.7 Å². The number of carbonyl (C=O) groups excluding carboxylic acids is 1. The third-order valence-corrected chi connectivity index (χ3v) is 4.85. The monoisotopic (exact) mass is 347 g/mol. The van der Waals surface area contributed by atoms with Gasteiger partial charge in [-0.05, 0) is 31.4 Å². The Labute approximate surface area is 149 Å². The normalized spacial score (nSPS) is 19.0. The molecule has 1 aliphatic heterocycles. The molecular weight excluding hydrogens is 318 g/mol. The molecule has 1 saturated heterocycles. The summed E-state index contributed by atoms with van der Waals surface area (Å²) in [5.74, 6) is 0.689. The van der Waals surface area contributed by atoms with Gasteiger partial charge in [-0.15, -0.1) is 0 Å². The fourth-order valence-corrected chi connectivity index (χ4v) is 3.45. The van der Waals surface area contributed by atoms with E-state index in [1.807, 2.05) is 12.1 Å². The van der Waals surface area contributed by atoms with Crippen LogP contribution in [0, 0.1) is 0 Å². The number of hydrogen-bond acceptors (Lipinski definition) is 5. The van der Waals surface area contributed by atoms with Crippen LogP contribution in [0.25, 0.3) is 0 Å². The van der Waals surface area contributed by atoms with Crippen LogP contribution in [0.3, 0.4) is 0 Å². The Morgan fingerprint density at radius 3 is 2.88 bits per heavy atom. The molecule has 0 unspecified atom stereocenters. The Morgan fingerprint density at radius 1 is 1.28 bits per heavy atom. The maximum Gasteiger partial charge on any atom is 0.255 e. The van der Waals surface area contributed by atoms with Crippen molar-refractivity contribution in [1.82, 2.24) is 10.3 Å². The number of anilines is 1. The van der Waals surface area contributed by atoms with Crippen LogP contribution in [0.2, 0.25) is 0 Å². The van der Waals surface area contributed by atoms with Crippen LogP contribution >= 0.6 is 0 Å². The quantitative estimate of drug-likeness (QED) is 0.767. The van der Waals surface area contributed by atoms with Gasteiger partial charge in [-0.3, -0.25) is 4.79 Å². The van der Waals surface area contributed by atoms with Gasteiger partial charge in [0.1, 0.15) is 5.82 Å². The average Bonchev–Trinajstić information content (AvgIpc) is 2.69. The second kappa shape index (κ2) is 9.73. The SMILES string of the molecule is O=C(NCCCOC1CCCCC1)c1cccnc1N1CCOCC1. The van der Waals surface area contributed by atoms with Crippen LogP contribution in [0.1, 0.15) is 48.9 Å². The van der Waals surface area contributed by atoms with E-state index in [1.165, 1.54) is 32.1 Å². The van der Waals surface area contributed by atoms with Gasteiger partial charge in [0.05, 0.1) is 24.9 Å². The lowest BCUT2D eigenvalue weighted by atomic mass is 9.98. The lowest BCUT2D eigenvalue weighted by Crippen LogP contribution is -2.38. The Hall–Kier alpha value is -1.66. The van der Waals surface area contributed by atoms with Gasteiger partial charge in [0.2, 0.25) is 0 Å². The predicted molar refractivity (Wildman–Crippen MR) is 97.0 cm³/mol. The van der Waals surface area contributed by atoms with E-state index in [0.717, 1.165) is 25.3 Å². The van der Waals surface area contributed by atoms with E-state index in [-0.39, 0.29) is 5.91 Å². The van der Waals surface area contributed by atoms with Crippen molar-refractivity contribution in [2.45, 2.75) is 44.6 Å². The van der Waals surface area contributed by atoms with Gasteiger partial charge in [0.25, 0.3) is 5.91 Å². The first kappa shape index (κ1) is 18.1. The predicted octanol–water partition coefficient (Wildman–Crippen LogP) is 2.39. The minimum absolute atomic E-state index is 0.0627. The lowest BCUT2D eigenvalue weighted by molar-refractivity contribution is 0.0273. The Balaban J connectivity index is 1.43. The highest BCUT2D eigenvalue weighted by Crippen LogP contribution is 2.20. The van der Waals surface area contributed by atoms with Crippen molar-refractivity contribution in [2.24, 2.45) is 0 Å². The van der Waals surface area contributed by atoms with Gasteiger partial charge < -0.3 is 19.7 Å². The summed E-state index contributed by atoms with van der Waals surface area (Å²) in [5, 5.41) is 3.00. The van der Waals surface area contributed by atoms with Crippen LogP contribution in [0.4, 0.5) is 5.82 Å². The highest BCUT2D eigenvalue weighted by Gasteiger charge is 2.19. The molecule has 0 radical (unpaired) electrons. The summed E-state index contributed by atoms with van der Waals surface area (Å²) in [7, 11) is 0. The minimum atomic E-state index is -0.0627. The molecule has 0 spiro atoms. The van der Waals surface area contributed by atoms with Crippen molar-refractivity contribution in [1.29, 1.82) is 0 Å². The maximum atomic E-state index is 12.5. The zero-order chi connectivity index (χ0) is 17.3. The maximum absolute atomic E-state index is 12.5. The third-order valence-electron chi connectivity index (χ3n) is 4.85. The molecule has 138 valence electrons. The molecule has 25 heavy (non-hydrogen) atoms. The van der Waals surface area contributed by atoms with Crippen molar-refractivity contribution in [3.05, 3.63) is 23.9 Å². The summed E-state index contributed by atoms with van der Waals surface area (Å²) < 4.78 is 11.3. The molecule has 0 atom stereocenters. The van der Waals surface area contributed by atoms with Crippen molar-refractivity contribution in [3.63, 3.8) is 0 Å². The Bertz CT molecular complexity index is 540. The molecule has 1 saturated carbocycles. The Kier molecular flexibility index (Phi) is 7.06. The first-order valence-corrected chi connectivity index (χ1v) is 9.52. The fourth-order valence-electron chi connectivity index (χ4n) is 3.45. The number of aromatic nitrogens is 1. The summed E-state index contributed by atoms with van der Waals surface area (Å²) >= 11 is 0. The fraction of sp³-hybridized carbons (Fsp3) is 0.684. The van der Waals surface area contributed by atoms with Crippen molar-refractivity contribution in [3.8, 4) is 0 Å². The molecule has 1 amide bonds. The van der Waals surface area contributed by atoms with Gasteiger partial charge in [-0.1, -0.05) is 19.3 Å². The summed E-state index contributed by atoms with van der Waals surface area (Å²) in [6.45, 7) is 4.24. The van der Waals surface area contributed by atoms with Crippen LogP contribution in [0.15, 0.2) is 18.3 Å². The zero-order valence-corrected chi connectivity index (χ0v) is 14.9. The molecular formula is C19H29N3O3. The molecule has 2 aliphatic rings. The summed E-state index contributed by atoms with van der Waals surface area (Å²) in [5.41, 5.74) is 0.637. The molecule has 1 aliphatic carbocycles. The average molecular weight is 347 g/mol. The molecule has 6 nitrogen and oxygen atoms in total. The van der Waals surface area contributed by atoms with E-state index in [0.29, 0.717) is 38.0 Å². The van der Waals surface area contributed by atoms with Crippen LogP contribution in [-0.2, 0) is 9.47 Å². The van der Waals surface area contributed by atoms with E-state index in [1.54, 1.807) is 6.20 Å². The first-order valence-electron chi connectivity index (χ1n) is 9.52. The van der Waals surface area contributed by atoms with Gasteiger partial charge in [0, 0.05) is 32.4 Å². The van der Waals surface area contributed by atoms with Crippen LogP contribution < -0.4 is 10.2 Å². The largest absolute Gasteiger partial charge is 0.378 e. The van der Waals surface area contributed by atoms with Crippen molar-refractivity contribution < 1.29 is 14.3 Å². The van der Waals surface area contributed by atoms with Gasteiger partial charge in [-0.25, -0.2) is 4.98 Å². The molecule has 0 aromatic carbocycles. The van der Waals surface area contributed by atoms with E-state index in [4.69, 9.17) is 9.47 Å². The summed E-state index contributed by atoms with van der Waals surface area (Å²) in [6.07, 6.45) is 9.28. The third kappa shape index (κ3) is 5.41. The minimum Gasteiger partial charge on any atom is -0.378 e. The van der Waals surface area contributed by atoms with Gasteiger partial charge in [0.15, 0.2) is 0 Å². The first-order chi connectivity index (χ1) is 12.3. The van der Waals surface area contributed by atoms with Crippen molar-refractivity contribution in [2.75, 3.05) is 44.4 Å². The Morgan fingerprint density at radius 2 is 2.08 bits per heavy atom. The second-order valence-corrected chi connectivity index (χ2v) is 6.71. The number of amides is 1. The molecule has 0 bridgehead atoms. The number of ether oxygens (including phenoxy) is 2. The zero-order valence-electron chi connectivity index (χ0n) is 14.9. The molecule has 6 heteroatoms. The molecule has 3 rings (SSSR count). The van der Waals surface area contributed by atoms with E-state index in [2.05, 4.69) is 15.2 Å².